The van der Waals surface area contributed by atoms with Crippen LogP contribution in [-0.2, 0) is 17.6 Å². The van der Waals surface area contributed by atoms with E-state index >= 15 is 0 Å². The quantitative estimate of drug-likeness (QED) is 0.759. The Kier molecular flexibility index (Phi) is 4.27. The first-order valence-corrected chi connectivity index (χ1v) is 6.40. The zero-order valence-electron chi connectivity index (χ0n) is 11.0. The summed E-state index contributed by atoms with van der Waals surface area (Å²) in [5.74, 6) is 0.595. The second-order valence-corrected chi connectivity index (χ2v) is 4.75. The molecule has 0 fully saturated rings. The SMILES string of the molecule is COc1ccc2c(c1OCCCC(=O)O)CC(N)C2. The molecule has 0 radical (unpaired) electrons. The van der Waals surface area contributed by atoms with E-state index in [0.29, 0.717) is 18.8 Å². The highest BCUT2D eigenvalue weighted by atomic mass is 16.5. The molecule has 0 bridgehead atoms. The number of ether oxygens (including phenoxy) is 2. The minimum Gasteiger partial charge on any atom is -0.493 e. The Bertz CT molecular complexity index is 473. The van der Waals surface area contributed by atoms with Gasteiger partial charge in [0.1, 0.15) is 0 Å². The van der Waals surface area contributed by atoms with Crippen molar-refractivity contribution < 1.29 is 19.4 Å². The van der Waals surface area contributed by atoms with E-state index in [9.17, 15) is 4.79 Å². The molecule has 1 aromatic carbocycles. The molecule has 1 unspecified atom stereocenters. The molecule has 104 valence electrons. The highest BCUT2D eigenvalue weighted by Crippen LogP contribution is 2.38. The Morgan fingerprint density at radius 2 is 2.26 bits per heavy atom. The fourth-order valence-corrected chi connectivity index (χ4v) is 2.40. The van der Waals surface area contributed by atoms with Gasteiger partial charge < -0.3 is 20.3 Å². The molecule has 1 atom stereocenters. The van der Waals surface area contributed by atoms with E-state index in [1.165, 1.54) is 5.56 Å². The zero-order chi connectivity index (χ0) is 13.8. The summed E-state index contributed by atoms with van der Waals surface area (Å²) in [5, 5.41) is 8.60. The molecule has 19 heavy (non-hydrogen) atoms. The summed E-state index contributed by atoms with van der Waals surface area (Å²) in [6.07, 6.45) is 2.22. The predicted molar refractivity (Wildman–Crippen MR) is 70.7 cm³/mol. The molecule has 0 aromatic heterocycles. The van der Waals surface area contributed by atoms with Crippen molar-refractivity contribution in [3.8, 4) is 11.5 Å². The van der Waals surface area contributed by atoms with Crippen molar-refractivity contribution in [1.29, 1.82) is 0 Å². The second kappa shape index (κ2) is 5.93. The van der Waals surface area contributed by atoms with E-state index in [0.717, 1.165) is 24.2 Å². The average molecular weight is 265 g/mol. The Hall–Kier alpha value is -1.75. The minimum absolute atomic E-state index is 0.108. The first-order chi connectivity index (χ1) is 9.11. The molecule has 5 heteroatoms. The lowest BCUT2D eigenvalue weighted by Crippen LogP contribution is -2.19. The van der Waals surface area contributed by atoms with Crippen LogP contribution in [0, 0.1) is 0 Å². The van der Waals surface area contributed by atoms with Crippen LogP contribution in [0.4, 0.5) is 0 Å². The van der Waals surface area contributed by atoms with Crippen LogP contribution in [0.1, 0.15) is 24.0 Å². The summed E-state index contributed by atoms with van der Waals surface area (Å²) in [4.78, 5) is 10.5. The van der Waals surface area contributed by atoms with Gasteiger partial charge in [-0.2, -0.15) is 0 Å². The van der Waals surface area contributed by atoms with Crippen molar-refractivity contribution in [2.24, 2.45) is 5.73 Å². The number of hydrogen-bond donors (Lipinski definition) is 2. The summed E-state index contributed by atoms with van der Waals surface area (Å²) in [7, 11) is 1.60. The number of aliphatic carboxylic acids is 1. The summed E-state index contributed by atoms with van der Waals surface area (Å²) < 4.78 is 11.0. The van der Waals surface area contributed by atoms with Crippen LogP contribution in [0.5, 0.6) is 11.5 Å². The van der Waals surface area contributed by atoms with E-state index in [-0.39, 0.29) is 12.5 Å². The van der Waals surface area contributed by atoms with Gasteiger partial charge in [-0.25, -0.2) is 0 Å². The molecule has 0 amide bonds. The van der Waals surface area contributed by atoms with Crippen LogP contribution in [0.2, 0.25) is 0 Å². The third-order valence-electron chi connectivity index (χ3n) is 3.27. The number of carboxylic acids is 1. The highest BCUT2D eigenvalue weighted by molar-refractivity contribution is 5.66. The summed E-state index contributed by atoms with van der Waals surface area (Å²) in [6, 6.07) is 4.03. The lowest BCUT2D eigenvalue weighted by atomic mass is 10.1. The maximum Gasteiger partial charge on any atom is 0.303 e. The van der Waals surface area contributed by atoms with Gasteiger partial charge in [-0.1, -0.05) is 6.07 Å². The van der Waals surface area contributed by atoms with E-state index in [2.05, 4.69) is 0 Å². The third-order valence-corrected chi connectivity index (χ3v) is 3.27. The molecule has 1 aliphatic carbocycles. The third kappa shape index (κ3) is 3.17. The number of fused-ring (bicyclic) bond motifs is 1. The Morgan fingerprint density at radius 3 is 2.95 bits per heavy atom. The molecule has 5 nitrogen and oxygen atoms in total. The number of hydrogen-bond acceptors (Lipinski definition) is 4. The van der Waals surface area contributed by atoms with Gasteiger partial charge in [0.2, 0.25) is 0 Å². The molecule has 0 heterocycles. The van der Waals surface area contributed by atoms with Gasteiger partial charge in [-0.05, 0) is 30.9 Å². The van der Waals surface area contributed by atoms with Gasteiger partial charge in [-0.15, -0.1) is 0 Å². The summed E-state index contributed by atoms with van der Waals surface area (Å²) in [6.45, 7) is 0.369. The highest BCUT2D eigenvalue weighted by Gasteiger charge is 2.24. The number of rotatable bonds is 6. The topological polar surface area (TPSA) is 81.8 Å². The van der Waals surface area contributed by atoms with Gasteiger partial charge >= 0.3 is 5.97 Å². The van der Waals surface area contributed by atoms with Crippen LogP contribution < -0.4 is 15.2 Å². The molecular formula is C14H19NO4. The molecule has 0 aliphatic heterocycles. The van der Waals surface area contributed by atoms with Crippen LogP contribution >= 0.6 is 0 Å². The van der Waals surface area contributed by atoms with Gasteiger partial charge in [-0.3, -0.25) is 4.79 Å². The van der Waals surface area contributed by atoms with Crippen LogP contribution in [-0.4, -0.2) is 30.8 Å². The van der Waals surface area contributed by atoms with Crippen molar-refractivity contribution in [3.63, 3.8) is 0 Å². The van der Waals surface area contributed by atoms with E-state index in [1.807, 2.05) is 12.1 Å². The Morgan fingerprint density at radius 1 is 1.47 bits per heavy atom. The number of carboxylic acid groups (broad SMARTS) is 1. The Labute approximate surface area is 112 Å². The zero-order valence-corrected chi connectivity index (χ0v) is 11.0. The van der Waals surface area contributed by atoms with Crippen molar-refractivity contribution in [3.05, 3.63) is 23.3 Å². The van der Waals surface area contributed by atoms with Crippen LogP contribution in [0.3, 0.4) is 0 Å². The fourth-order valence-electron chi connectivity index (χ4n) is 2.40. The molecule has 1 aliphatic rings. The first kappa shape index (κ1) is 13.7. The molecule has 0 saturated heterocycles. The van der Waals surface area contributed by atoms with E-state index < -0.39 is 5.97 Å². The maximum atomic E-state index is 10.5. The van der Waals surface area contributed by atoms with Crippen molar-refractivity contribution in [2.75, 3.05) is 13.7 Å². The normalized spacial score (nSPS) is 17.1. The number of nitrogens with two attached hydrogens (primary N) is 1. The average Bonchev–Trinajstić information content (AvgIpc) is 2.74. The standard InChI is InChI=1S/C14H19NO4/c1-18-12-5-4-9-7-10(15)8-11(9)14(12)19-6-2-3-13(16)17/h4-5,10H,2-3,6-8,15H2,1H3,(H,16,17). The minimum atomic E-state index is -0.809. The first-order valence-electron chi connectivity index (χ1n) is 6.40. The molecule has 2 rings (SSSR count). The second-order valence-electron chi connectivity index (χ2n) is 4.75. The fraction of sp³-hybridized carbons (Fsp3) is 0.500. The summed E-state index contributed by atoms with van der Waals surface area (Å²) in [5.41, 5.74) is 8.26. The van der Waals surface area contributed by atoms with Crippen molar-refractivity contribution in [2.45, 2.75) is 31.7 Å². The molecular weight excluding hydrogens is 246 g/mol. The van der Waals surface area contributed by atoms with Crippen LogP contribution in [0.15, 0.2) is 12.1 Å². The van der Waals surface area contributed by atoms with E-state index in [1.54, 1.807) is 7.11 Å². The lowest BCUT2D eigenvalue weighted by molar-refractivity contribution is -0.137. The predicted octanol–water partition coefficient (Wildman–Crippen LogP) is 1.36. The van der Waals surface area contributed by atoms with Gasteiger partial charge in [0.05, 0.1) is 13.7 Å². The summed E-state index contributed by atoms with van der Waals surface area (Å²) >= 11 is 0. The van der Waals surface area contributed by atoms with E-state index in [4.69, 9.17) is 20.3 Å². The monoisotopic (exact) mass is 265 g/mol. The Balaban J connectivity index is 2.10. The van der Waals surface area contributed by atoms with Crippen molar-refractivity contribution in [1.82, 2.24) is 0 Å². The maximum absolute atomic E-state index is 10.5. The number of benzene rings is 1. The molecule has 0 saturated carbocycles. The number of carbonyl (C=O) groups is 1. The lowest BCUT2D eigenvalue weighted by Gasteiger charge is -2.14. The van der Waals surface area contributed by atoms with Gasteiger partial charge in [0.25, 0.3) is 0 Å². The number of methoxy groups -OCH3 is 1. The molecule has 1 aromatic rings. The molecule has 3 N–H and O–H groups in total. The van der Waals surface area contributed by atoms with Gasteiger partial charge in [0.15, 0.2) is 11.5 Å². The molecule has 0 spiro atoms. The van der Waals surface area contributed by atoms with Crippen molar-refractivity contribution >= 4 is 5.97 Å². The van der Waals surface area contributed by atoms with Gasteiger partial charge in [0, 0.05) is 18.0 Å². The van der Waals surface area contributed by atoms with Crippen LogP contribution in [0.25, 0.3) is 0 Å². The smallest absolute Gasteiger partial charge is 0.303 e. The largest absolute Gasteiger partial charge is 0.493 e.